The van der Waals surface area contributed by atoms with Gasteiger partial charge in [0.15, 0.2) is 18.2 Å². The summed E-state index contributed by atoms with van der Waals surface area (Å²) >= 11 is 5.85. The lowest BCUT2D eigenvalue weighted by molar-refractivity contribution is -0.118. The molecule has 8 nitrogen and oxygen atoms in total. The number of anilines is 1. The number of halogens is 1. The second-order valence-electron chi connectivity index (χ2n) is 6.72. The summed E-state index contributed by atoms with van der Waals surface area (Å²) in [4.78, 5) is 38.3. The van der Waals surface area contributed by atoms with E-state index in [1.807, 2.05) is 0 Å². The molecular weight excluding hydrogens is 434 g/mol. The number of aromatic amines is 1. The molecule has 0 aliphatic carbocycles. The summed E-state index contributed by atoms with van der Waals surface area (Å²) < 4.78 is 9.98. The number of nitrogens with one attached hydrogen (secondary N) is 2. The highest BCUT2D eigenvalue weighted by Gasteiger charge is 2.10. The minimum atomic E-state index is -0.663. The van der Waals surface area contributed by atoms with Crippen molar-refractivity contribution in [3.05, 3.63) is 99.5 Å². The van der Waals surface area contributed by atoms with E-state index in [4.69, 9.17) is 16.3 Å². The van der Waals surface area contributed by atoms with Gasteiger partial charge in [0.1, 0.15) is 5.75 Å². The maximum atomic E-state index is 12.5. The van der Waals surface area contributed by atoms with Crippen LogP contribution in [0.25, 0.3) is 11.4 Å². The van der Waals surface area contributed by atoms with Crippen LogP contribution in [-0.2, 0) is 4.79 Å². The van der Waals surface area contributed by atoms with Crippen LogP contribution in [0.2, 0.25) is 5.02 Å². The molecule has 9 heteroatoms. The van der Waals surface area contributed by atoms with Crippen LogP contribution in [0.15, 0.2) is 82.1 Å². The normalized spacial score (nSPS) is 10.5. The fourth-order valence-electron chi connectivity index (χ4n) is 2.91. The van der Waals surface area contributed by atoms with Crippen LogP contribution < -0.4 is 15.8 Å². The Bertz CT molecular complexity index is 1310. The van der Waals surface area contributed by atoms with Gasteiger partial charge in [0.05, 0.1) is 0 Å². The molecule has 0 saturated carbocycles. The van der Waals surface area contributed by atoms with E-state index in [0.717, 1.165) is 0 Å². The van der Waals surface area contributed by atoms with E-state index in [1.54, 1.807) is 72.8 Å². The van der Waals surface area contributed by atoms with E-state index in [0.29, 0.717) is 33.1 Å². The first-order chi connectivity index (χ1) is 15.5. The van der Waals surface area contributed by atoms with E-state index in [-0.39, 0.29) is 24.1 Å². The largest absolute Gasteiger partial charge is 0.484 e. The molecule has 0 fully saturated rings. The average Bonchev–Trinajstić information content (AvgIpc) is 3.25. The van der Waals surface area contributed by atoms with Crippen molar-refractivity contribution in [3.8, 4) is 17.1 Å². The number of hydrogen-bond donors (Lipinski definition) is 2. The quantitative estimate of drug-likeness (QED) is 0.413. The van der Waals surface area contributed by atoms with Crippen molar-refractivity contribution in [3.63, 3.8) is 0 Å². The Morgan fingerprint density at radius 2 is 1.69 bits per heavy atom. The molecule has 0 aliphatic rings. The molecule has 0 saturated heterocycles. The number of carbonyl (C=O) groups is 2. The number of benzene rings is 3. The summed E-state index contributed by atoms with van der Waals surface area (Å²) in [5.41, 5.74) is 2.10. The van der Waals surface area contributed by atoms with Gasteiger partial charge in [0.25, 0.3) is 5.91 Å². The first kappa shape index (κ1) is 21.1. The third-order valence-electron chi connectivity index (χ3n) is 4.45. The molecule has 0 aliphatic heterocycles. The van der Waals surface area contributed by atoms with Crippen LogP contribution in [-0.4, -0.2) is 28.4 Å². The molecule has 0 unspecified atom stereocenters. The Labute approximate surface area is 186 Å². The Balaban J connectivity index is 1.34. The highest BCUT2D eigenvalue weighted by molar-refractivity contribution is 6.30. The zero-order valence-corrected chi connectivity index (χ0v) is 17.3. The topological polar surface area (TPSA) is 114 Å². The molecule has 2 N–H and O–H groups in total. The van der Waals surface area contributed by atoms with E-state index in [2.05, 4.69) is 20.0 Å². The van der Waals surface area contributed by atoms with Crippen molar-refractivity contribution in [1.29, 1.82) is 0 Å². The van der Waals surface area contributed by atoms with Crippen LogP contribution in [0, 0.1) is 0 Å². The molecule has 0 bridgehead atoms. The van der Waals surface area contributed by atoms with Crippen molar-refractivity contribution in [2.75, 3.05) is 11.9 Å². The molecule has 0 spiro atoms. The van der Waals surface area contributed by atoms with Crippen molar-refractivity contribution in [2.45, 2.75) is 0 Å². The minimum Gasteiger partial charge on any atom is -0.484 e. The average molecular weight is 450 g/mol. The molecule has 1 amide bonds. The fourth-order valence-corrected chi connectivity index (χ4v) is 3.04. The summed E-state index contributed by atoms with van der Waals surface area (Å²) in [6.45, 7) is -0.227. The van der Waals surface area contributed by atoms with Gasteiger partial charge < -0.3 is 10.1 Å². The van der Waals surface area contributed by atoms with E-state index in [1.165, 1.54) is 0 Å². The summed E-state index contributed by atoms with van der Waals surface area (Å²) in [7, 11) is 0. The summed E-state index contributed by atoms with van der Waals surface area (Å²) in [6.07, 6.45) is 0. The van der Waals surface area contributed by atoms with Crippen LogP contribution in [0.3, 0.4) is 0 Å². The van der Waals surface area contributed by atoms with Gasteiger partial charge in [-0.25, -0.2) is 4.79 Å². The summed E-state index contributed by atoms with van der Waals surface area (Å²) in [6, 6.07) is 19.9. The molecule has 160 valence electrons. The Kier molecular flexibility index (Phi) is 6.14. The van der Waals surface area contributed by atoms with Crippen molar-refractivity contribution >= 4 is 29.0 Å². The van der Waals surface area contributed by atoms with Gasteiger partial charge >= 0.3 is 5.76 Å². The number of ketones is 1. The highest BCUT2D eigenvalue weighted by Crippen LogP contribution is 2.19. The van der Waals surface area contributed by atoms with Crippen molar-refractivity contribution in [1.82, 2.24) is 10.1 Å². The van der Waals surface area contributed by atoms with Crippen molar-refractivity contribution in [2.24, 2.45) is 0 Å². The molecule has 0 atom stereocenters. The first-order valence-electron chi connectivity index (χ1n) is 9.47. The lowest BCUT2D eigenvalue weighted by atomic mass is 10.0. The number of H-pyrrole nitrogens is 1. The van der Waals surface area contributed by atoms with Crippen LogP contribution in [0.1, 0.15) is 15.9 Å². The third-order valence-corrected chi connectivity index (χ3v) is 4.70. The molecule has 3 aromatic carbocycles. The maximum absolute atomic E-state index is 12.5. The molecule has 0 radical (unpaired) electrons. The Morgan fingerprint density at radius 3 is 2.34 bits per heavy atom. The molecule has 1 aromatic heterocycles. The second kappa shape index (κ2) is 9.32. The van der Waals surface area contributed by atoms with Gasteiger partial charge in [-0.05, 0) is 60.7 Å². The molecular formula is C23H16ClN3O5. The summed E-state index contributed by atoms with van der Waals surface area (Å²) in [5.74, 6) is -0.475. The molecule has 4 rings (SSSR count). The van der Waals surface area contributed by atoms with Crippen LogP contribution >= 0.6 is 11.6 Å². The number of amides is 1. The van der Waals surface area contributed by atoms with E-state index < -0.39 is 5.76 Å². The number of rotatable bonds is 7. The monoisotopic (exact) mass is 449 g/mol. The zero-order valence-electron chi connectivity index (χ0n) is 16.5. The predicted octanol–water partition coefficient (Wildman–Crippen LogP) is 3.93. The lowest BCUT2D eigenvalue weighted by Gasteiger charge is -2.09. The maximum Gasteiger partial charge on any atom is 0.439 e. The Morgan fingerprint density at radius 1 is 1.00 bits per heavy atom. The zero-order chi connectivity index (χ0) is 22.5. The van der Waals surface area contributed by atoms with Crippen LogP contribution in [0.5, 0.6) is 5.75 Å². The lowest BCUT2D eigenvalue weighted by Crippen LogP contribution is -2.20. The number of hydrogen-bond acceptors (Lipinski definition) is 6. The van der Waals surface area contributed by atoms with E-state index >= 15 is 0 Å². The van der Waals surface area contributed by atoms with Crippen molar-refractivity contribution < 1.29 is 18.8 Å². The third kappa shape index (κ3) is 5.11. The first-order valence-corrected chi connectivity index (χ1v) is 9.85. The second-order valence-corrected chi connectivity index (χ2v) is 7.16. The van der Waals surface area contributed by atoms with Crippen LogP contribution in [0.4, 0.5) is 5.69 Å². The van der Waals surface area contributed by atoms with Gasteiger partial charge in [-0.3, -0.25) is 19.1 Å². The smallest absolute Gasteiger partial charge is 0.439 e. The predicted molar refractivity (Wildman–Crippen MR) is 118 cm³/mol. The molecule has 32 heavy (non-hydrogen) atoms. The van der Waals surface area contributed by atoms with E-state index in [9.17, 15) is 14.4 Å². The SMILES string of the molecule is O=C(COc1ccc(C(=O)c2ccc(Cl)cc2)cc1)Nc1cccc(-c2noc(=O)[nH]2)c1. The minimum absolute atomic E-state index is 0.140. The standard InChI is InChI=1S/C23H16ClN3O5/c24-17-8-4-14(5-9-17)21(29)15-6-10-19(11-7-15)31-13-20(28)25-18-3-1-2-16(12-18)22-26-23(30)32-27-22/h1-12H,13H2,(H,25,28)(H,26,27,30). The highest BCUT2D eigenvalue weighted by atomic mass is 35.5. The van der Waals surface area contributed by atoms with Gasteiger partial charge in [0.2, 0.25) is 0 Å². The summed E-state index contributed by atoms with van der Waals surface area (Å²) in [5, 5.41) is 6.88. The van der Waals surface area contributed by atoms with Gasteiger partial charge in [-0.1, -0.05) is 28.9 Å². The van der Waals surface area contributed by atoms with Gasteiger partial charge in [0, 0.05) is 27.4 Å². The number of aromatic nitrogens is 2. The number of ether oxygens (including phenoxy) is 1. The molecule has 4 aromatic rings. The molecule has 1 heterocycles. The number of carbonyl (C=O) groups excluding carboxylic acids is 2. The number of nitrogens with zero attached hydrogens (tertiary/aromatic N) is 1. The van der Waals surface area contributed by atoms with Gasteiger partial charge in [-0.15, -0.1) is 0 Å². The van der Waals surface area contributed by atoms with Gasteiger partial charge in [-0.2, -0.15) is 0 Å². The fraction of sp³-hybridized carbons (Fsp3) is 0.0435. The Hall–Kier alpha value is -4.17.